The Morgan fingerprint density at radius 3 is 2.29 bits per heavy atom. The summed E-state index contributed by atoms with van der Waals surface area (Å²) in [6.45, 7) is 10.3. The van der Waals surface area contributed by atoms with Gasteiger partial charge in [0.2, 0.25) is 0 Å². The average molecular weight is 229 g/mol. The van der Waals surface area contributed by atoms with Gasteiger partial charge in [0, 0.05) is 28.9 Å². The van der Waals surface area contributed by atoms with Crippen molar-refractivity contribution < 1.29 is 0 Å². The van der Waals surface area contributed by atoms with Crippen LogP contribution in [0.1, 0.15) is 44.9 Å². The maximum absolute atomic E-state index is 3.95. The zero-order chi connectivity index (χ0) is 12.8. The first kappa shape index (κ1) is 13.6. The van der Waals surface area contributed by atoms with Crippen molar-refractivity contribution >= 4 is 24.3 Å². The predicted molar refractivity (Wildman–Crippen MR) is 79.0 cm³/mol. The normalized spacial score (nSPS) is 13.9. The summed E-state index contributed by atoms with van der Waals surface area (Å²) in [4.78, 5) is 0. The Morgan fingerprint density at radius 2 is 1.82 bits per heavy atom. The summed E-state index contributed by atoms with van der Waals surface area (Å²) in [7, 11) is 2.12. The Labute approximate surface area is 104 Å². The standard InChI is InChI=1S/C16H23N/c1-6-10-14-13(9-4)15(11-7-2)17(5)16(14)12-8-3/h7,9-12H,4,6,8H2,1-3,5H3/b11-7-,14-10-,16-12+. The quantitative estimate of drug-likeness (QED) is 0.748. The molecular formula is C16H23N. The van der Waals surface area contributed by atoms with Crippen molar-refractivity contribution in [2.75, 3.05) is 0 Å². The molecule has 92 valence electrons. The number of nitrogens with zero attached hydrogens (tertiary/aromatic N) is 1. The van der Waals surface area contributed by atoms with Crippen molar-refractivity contribution in [1.29, 1.82) is 0 Å². The van der Waals surface area contributed by atoms with Gasteiger partial charge in [-0.15, -0.1) is 0 Å². The first-order valence-corrected chi connectivity index (χ1v) is 6.35. The van der Waals surface area contributed by atoms with Gasteiger partial charge in [-0.2, -0.15) is 0 Å². The van der Waals surface area contributed by atoms with Crippen LogP contribution in [0.3, 0.4) is 0 Å². The lowest BCUT2D eigenvalue weighted by atomic mass is 10.1. The molecule has 0 spiro atoms. The summed E-state index contributed by atoms with van der Waals surface area (Å²) in [5, 5.41) is 2.62. The van der Waals surface area contributed by atoms with Crippen molar-refractivity contribution in [1.82, 2.24) is 4.57 Å². The molecule has 1 heterocycles. The van der Waals surface area contributed by atoms with E-state index in [9.17, 15) is 0 Å². The molecule has 0 N–H and O–H groups in total. The second kappa shape index (κ2) is 6.29. The minimum Gasteiger partial charge on any atom is -0.344 e. The predicted octanol–water partition coefficient (Wildman–Crippen LogP) is 3.08. The summed E-state index contributed by atoms with van der Waals surface area (Å²) < 4.78 is 2.25. The van der Waals surface area contributed by atoms with E-state index in [2.05, 4.69) is 56.3 Å². The number of hydrogen-bond acceptors (Lipinski definition) is 0. The Hall–Kier alpha value is -1.50. The van der Waals surface area contributed by atoms with Gasteiger partial charge < -0.3 is 4.57 Å². The Bertz CT molecular complexity index is 527. The second-order valence-electron chi connectivity index (χ2n) is 4.09. The Morgan fingerprint density at radius 1 is 1.18 bits per heavy atom. The van der Waals surface area contributed by atoms with Crippen LogP contribution in [0.5, 0.6) is 0 Å². The maximum atomic E-state index is 3.95. The molecule has 0 atom stereocenters. The van der Waals surface area contributed by atoms with Crippen LogP contribution in [-0.4, -0.2) is 4.57 Å². The Balaban J connectivity index is 3.79. The molecule has 0 radical (unpaired) electrons. The van der Waals surface area contributed by atoms with Crippen molar-refractivity contribution in [2.24, 2.45) is 7.05 Å². The first-order chi connectivity index (χ1) is 8.21. The lowest BCUT2D eigenvalue weighted by Crippen LogP contribution is -2.28. The van der Waals surface area contributed by atoms with E-state index in [0.717, 1.165) is 12.8 Å². The zero-order valence-corrected chi connectivity index (χ0v) is 11.5. The van der Waals surface area contributed by atoms with E-state index in [1.54, 1.807) is 0 Å². The van der Waals surface area contributed by atoms with Gasteiger partial charge in [-0.05, 0) is 25.8 Å². The minimum atomic E-state index is 1.05. The monoisotopic (exact) mass is 229 g/mol. The summed E-state index contributed by atoms with van der Waals surface area (Å²) in [6.07, 6.45) is 12.8. The third-order valence-corrected chi connectivity index (χ3v) is 2.90. The fraction of sp³-hybridized carbons (Fsp3) is 0.375. The summed E-state index contributed by atoms with van der Waals surface area (Å²) >= 11 is 0. The van der Waals surface area contributed by atoms with Gasteiger partial charge in [-0.25, -0.2) is 0 Å². The summed E-state index contributed by atoms with van der Waals surface area (Å²) in [5.41, 5.74) is 2.48. The largest absolute Gasteiger partial charge is 0.344 e. The third kappa shape index (κ3) is 2.60. The fourth-order valence-corrected chi connectivity index (χ4v) is 2.20. The zero-order valence-electron chi connectivity index (χ0n) is 11.5. The van der Waals surface area contributed by atoms with E-state index in [4.69, 9.17) is 0 Å². The summed E-state index contributed by atoms with van der Waals surface area (Å²) in [6, 6.07) is 0. The van der Waals surface area contributed by atoms with E-state index >= 15 is 0 Å². The van der Waals surface area contributed by atoms with Crippen LogP contribution in [0.4, 0.5) is 0 Å². The number of aromatic nitrogens is 1. The molecule has 0 aliphatic carbocycles. The highest BCUT2D eigenvalue weighted by Crippen LogP contribution is 2.06. The van der Waals surface area contributed by atoms with E-state index in [1.807, 2.05) is 13.0 Å². The number of allylic oxidation sites excluding steroid dienone is 1. The van der Waals surface area contributed by atoms with Gasteiger partial charge in [0.15, 0.2) is 0 Å². The van der Waals surface area contributed by atoms with Crippen LogP contribution in [0.2, 0.25) is 0 Å². The molecule has 0 amide bonds. The highest BCUT2D eigenvalue weighted by Gasteiger charge is 2.06. The molecule has 0 fully saturated rings. The molecule has 1 rings (SSSR count). The SMILES string of the molecule is C=Cc1c(/C=C\C)n(C)c(=C/CC)/c1=C\CC. The van der Waals surface area contributed by atoms with E-state index in [-0.39, 0.29) is 0 Å². The Kier molecular flexibility index (Phi) is 5.02. The van der Waals surface area contributed by atoms with Crippen LogP contribution in [0, 0.1) is 0 Å². The van der Waals surface area contributed by atoms with Crippen molar-refractivity contribution in [3.63, 3.8) is 0 Å². The smallest absolute Gasteiger partial charge is 0.0484 e. The summed E-state index contributed by atoms with van der Waals surface area (Å²) in [5.74, 6) is 0. The van der Waals surface area contributed by atoms with Crippen LogP contribution in [-0.2, 0) is 7.05 Å². The van der Waals surface area contributed by atoms with Gasteiger partial charge >= 0.3 is 0 Å². The third-order valence-electron chi connectivity index (χ3n) is 2.90. The first-order valence-electron chi connectivity index (χ1n) is 6.35. The molecule has 0 aliphatic heterocycles. The second-order valence-corrected chi connectivity index (χ2v) is 4.09. The molecule has 0 aromatic carbocycles. The van der Waals surface area contributed by atoms with Gasteiger partial charge in [-0.1, -0.05) is 44.7 Å². The highest BCUT2D eigenvalue weighted by atomic mass is 14.9. The molecule has 0 saturated carbocycles. The van der Waals surface area contributed by atoms with Crippen LogP contribution < -0.4 is 10.6 Å². The van der Waals surface area contributed by atoms with E-state index in [1.165, 1.54) is 21.8 Å². The lowest BCUT2D eigenvalue weighted by molar-refractivity contribution is 0.872. The number of rotatable bonds is 4. The van der Waals surface area contributed by atoms with Crippen molar-refractivity contribution in [3.05, 3.63) is 34.5 Å². The van der Waals surface area contributed by atoms with Gasteiger partial charge in [0.25, 0.3) is 0 Å². The molecule has 1 nitrogen and oxygen atoms in total. The van der Waals surface area contributed by atoms with Crippen LogP contribution in [0.15, 0.2) is 12.7 Å². The molecule has 17 heavy (non-hydrogen) atoms. The van der Waals surface area contributed by atoms with E-state index in [0.29, 0.717) is 0 Å². The van der Waals surface area contributed by atoms with Crippen molar-refractivity contribution in [2.45, 2.75) is 33.6 Å². The molecule has 1 aromatic heterocycles. The van der Waals surface area contributed by atoms with Crippen molar-refractivity contribution in [3.8, 4) is 0 Å². The molecule has 0 saturated heterocycles. The topological polar surface area (TPSA) is 4.93 Å². The molecular weight excluding hydrogens is 206 g/mol. The van der Waals surface area contributed by atoms with Gasteiger partial charge in [-0.3, -0.25) is 0 Å². The molecule has 0 aliphatic rings. The van der Waals surface area contributed by atoms with Gasteiger partial charge in [0.1, 0.15) is 0 Å². The van der Waals surface area contributed by atoms with Crippen LogP contribution >= 0.6 is 0 Å². The molecule has 1 aromatic rings. The highest BCUT2D eigenvalue weighted by molar-refractivity contribution is 5.64. The maximum Gasteiger partial charge on any atom is 0.0484 e. The average Bonchev–Trinajstić information content (AvgIpc) is 2.56. The molecule has 1 heteroatoms. The van der Waals surface area contributed by atoms with Crippen LogP contribution in [0.25, 0.3) is 24.3 Å². The molecule has 0 bridgehead atoms. The van der Waals surface area contributed by atoms with E-state index < -0.39 is 0 Å². The number of hydrogen-bond donors (Lipinski definition) is 0. The lowest BCUT2D eigenvalue weighted by Gasteiger charge is -1.98. The van der Waals surface area contributed by atoms with Gasteiger partial charge in [0.05, 0.1) is 0 Å². The molecule has 0 unspecified atom stereocenters. The fourth-order valence-electron chi connectivity index (χ4n) is 2.20. The minimum absolute atomic E-state index is 1.05.